The molecular weight excluding hydrogens is 347 g/mol. The third kappa shape index (κ3) is 4.84. The fourth-order valence-corrected chi connectivity index (χ4v) is 2.50. The number of halogens is 3. The van der Waals surface area contributed by atoms with E-state index in [9.17, 15) is 18.0 Å². The molecule has 1 aromatic heterocycles. The number of ether oxygens (including phenoxy) is 2. The predicted molar refractivity (Wildman–Crippen MR) is 90.1 cm³/mol. The molecule has 0 atom stereocenters. The Morgan fingerprint density at radius 2 is 1.88 bits per heavy atom. The molecule has 0 amide bonds. The van der Waals surface area contributed by atoms with Crippen LogP contribution in [0.2, 0.25) is 0 Å². The van der Waals surface area contributed by atoms with Crippen molar-refractivity contribution >= 4 is 11.5 Å². The van der Waals surface area contributed by atoms with Crippen LogP contribution >= 0.6 is 0 Å². The SMILES string of the molecule is CO/C=C(/C(=O)OC)c1ccccc1CCc1cc(C(F)(F)F)ccn1. The van der Waals surface area contributed by atoms with Gasteiger partial charge in [-0.1, -0.05) is 24.3 Å². The minimum absolute atomic E-state index is 0.239. The van der Waals surface area contributed by atoms with Crippen LogP contribution in [0.1, 0.15) is 22.4 Å². The number of aryl methyl sites for hydroxylation is 2. The van der Waals surface area contributed by atoms with Crippen molar-refractivity contribution in [2.45, 2.75) is 19.0 Å². The molecule has 4 nitrogen and oxygen atoms in total. The molecule has 0 radical (unpaired) electrons. The quantitative estimate of drug-likeness (QED) is 0.440. The molecular formula is C19H18F3NO3. The monoisotopic (exact) mass is 365 g/mol. The Kier molecular flexibility index (Phi) is 6.38. The topological polar surface area (TPSA) is 48.4 Å². The lowest BCUT2D eigenvalue weighted by molar-refractivity contribution is -0.137. The lowest BCUT2D eigenvalue weighted by Crippen LogP contribution is -2.08. The first-order valence-electron chi connectivity index (χ1n) is 7.78. The molecule has 0 N–H and O–H groups in total. The Morgan fingerprint density at radius 3 is 2.54 bits per heavy atom. The fourth-order valence-electron chi connectivity index (χ4n) is 2.50. The second kappa shape index (κ2) is 8.51. The highest BCUT2D eigenvalue weighted by atomic mass is 19.4. The number of hydrogen-bond donors (Lipinski definition) is 0. The molecule has 0 fully saturated rings. The number of aromatic nitrogens is 1. The lowest BCUT2D eigenvalue weighted by Gasteiger charge is -2.12. The Labute approximate surface area is 149 Å². The van der Waals surface area contributed by atoms with Gasteiger partial charge < -0.3 is 9.47 Å². The molecule has 0 aliphatic carbocycles. The van der Waals surface area contributed by atoms with Crippen LogP contribution in [0.25, 0.3) is 5.57 Å². The summed E-state index contributed by atoms with van der Waals surface area (Å²) in [5.41, 5.74) is 1.21. The number of pyridine rings is 1. The molecule has 0 saturated heterocycles. The van der Waals surface area contributed by atoms with Crippen LogP contribution in [0.5, 0.6) is 0 Å². The Morgan fingerprint density at radius 1 is 1.15 bits per heavy atom. The standard InChI is InChI=1S/C19H18F3NO3/c1-25-12-17(18(24)26-2)16-6-4-3-5-13(16)7-8-15-11-14(9-10-23-15)19(20,21)22/h3-6,9-12H,7-8H2,1-2H3/b17-12+. The van der Waals surface area contributed by atoms with Gasteiger partial charge in [-0.15, -0.1) is 0 Å². The summed E-state index contributed by atoms with van der Waals surface area (Å²) in [5, 5.41) is 0. The van der Waals surface area contributed by atoms with Crippen LogP contribution in [0.15, 0.2) is 48.9 Å². The normalized spacial score (nSPS) is 12.0. The number of hydrogen-bond acceptors (Lipinski definition) is 4. The van der Waals surface area contributed by atoms with E-state index in [2.05, 4.69) is 4.98 Å². The maximum atomic E-state index is 12.8. The first kappa shape index (κ1) is 19.5. The Hall–Kier alpha value is -2.83. The number of esters is 1. The molecule has 0 aliphatic rings. The van der Waals surface area contributed by atoms with Crippen molar-refractivity contribution in [2.24, 2.45) is 0 Å². The van der Waals surface area contributed by atoms with Crippen molar-refractivity contribution in [3.8, 4) is 0 Å². The average Bonchev–Trinajstić information content (AvgIpc) is 2.64. The Balaban J connectivity index is 2.26. The summed E-state index contributed by atoms with van der Waals surface area (Å²) >= 11 is 0. The number of benzene rings is 1. The molecule has 26 heavy (non-hydrogen) atoms. The van der Waals surface area contributed by atoms with E-state index in [1.165, 1.54) is 20.5 Å². The van der Waals surface area contributed by atoms with E-state index in [-0.39, 0.29) is 5.57 Å². The molecule has 7 heteroatoms. The largest absolute Gasteiger partial charge is 0.503 e. The van der Waals surface area contributed by atoms with Gasteiger partial charge >= 0.3 is 12.1 Å². The van der Waals surface area contributed by atoms with E-state index >= 15 is 0 Å². The number of nitrogens with zero attached hydrogens (tertiary/aromatic N) is 1. The summed E-state index contributed by atoms with van der Waals surface area (Å²) in [5.74, 6) is -0.559. The van der Waals surface area contributed by atoms with Gasteiger partial charge in [0.25, 0.3) is 0 Å². The summed E-state index contributed by atoms with van der Waals surface area (Å²) in [6.45, 7) is 0. The maximum absolute atomic E-state index is 12.8. The van der Waals surface area contributed by atoms with E-state index in [1.54, 1.807) is 24.3 Å². The van der Waals surface area contributed by atoms with Gasteiger partial charge in [-0.05, 0) is 36.1 Å². The minimum Gasteiger partial charge on any atom is -0.503 e. The number of carbonyl (C=O) groups is 1. The maximum Gasteiger partial charge on any atom is 0.416 e. The molecule has 0 aliphatic heterocycles. The highest BCUT2D eigenvalue weighted by Crippen LogP contribution is 2.29. The molecule has 1 aromatic carbocycles. The lowest BCUT2D eigenvalue weighted by atomic mass is 9.96. The second-order valence-corrected chi connectivity index (χ2v) is 5.45. The van der Waals surface area contributed by atoms with Crippen LogP contribution in [-0.4, -0.2) is 25.2 Å². The molecule has 0 saturated carbocycles. The highest BCUT2D eigenvalue weighted by molar-refractivity contribution is 6.16. The van der Waals surface area contributed by atoms with E-state index in [4.69, 9.17) is 9.47 Å². The van der Waals surface area contributed by atoms with Crippen molar-refractivity contribution in [3.05, 3.63) is 71.2 Å². The number of methoxy groups -OCH3 is 2. The number of carbonyl (C=O) groups excluding carboxylic acids is 1. The third-order valence-corrected chi connectivity index (χ3v) is 3.74. The summed E-state index contributed by atoms with van der Waals surface area (Å²) < 4.78 is 48.2. The highest BCUT2D eigenvalue weighted by Gasteiger charge is 2.30. The van der Waals surface area contributed by atoms with Gasteiger partial charge in [-0.3, -0.25) is 4.98 Å². The van der Waals surface area contributed by atoms with Crippen LogP contribution in [0, 0.1) is 0 Å². The second-order valence-electron chi connectivity index (χ2n) is 5.45. The van der Waals surface area contributed by atoms with E-state index in [0.717, 1.165) is 23.9 Å². The zero-order valence-corrected chi connectivity index (χ0v) is 14.3. The first-order chi connectivity index (χ1) is 12.4. The number of alkyl halides is 3. The van der Waals surface area contributed by atoms with Crippen LogP contribution in [0.4, 0.5) is 13.2 Å². The van der Waals surface area contributed by atoms with E-state index in [0.29, 0.717) is 24.1 Å². The van der Waals surface area contributed by atoms with Crippen LogP contribution in [0.3, 0.4) is 0 Å². The smallest absolute Gasteiger partial charge is 0.416 e. The third-order valence-electron chi connectivity index (χ3n) is 3.74. The van der Waals surface area contributed by atoms with Gasteiger partial charge in [0.2, 0.25) is 0 Å². The van der Waals surface area contributed by atoms with Crippen molar-refractivity contribution in [3.63, 3.8) is 0 Å². The van der Waals surface area contributed by atoms with E-state index < -0.39 is 17.7 Å². The molecule has 0 bridgehead atoms. The average molecular weight is 365 g/mol. The van der Waals surface area contributed by atoms with Gasteiger partial charge in [0, 0.05) is 11.9 Å². The van der Waals surface area contributed by atoms with Gasteiger partial charge in [-0.25, -0.2) is 4.79 Å². The van der Waals surface area contributed by atoms with Crippen molar-refractivity contribution < 1.29 is 27.4 Å². The molecule has 0 spiro atoms. The van der Waals surface area contributed by atoms with Crippen LogP contribution in [-0.2, 0) is 33.3 Å². The van der Waals surface area contributed by atoms with Gasteiger partial charge in [0.05, 0.1) is 26.0 Å². The summed E-state index contributed by atoms with van der Waals surface area (Å²) in [7, 11) is 2.68. The molecule has 1 heterocycles. The molecule has 2 aromatic rings. The summed E-state index contributed by atoms with van der Waals surface area (Å²) in [6.07, 6.45) is -1.28. The van der Waals surface area contributed by atoms with Gasteiger partial charge in [0.15, 0.2) is 0 Å². The fraction of sp³-hybridized carbons (Fsp3) is 0.263. The number of rotatable bonds is 6. The summed E-state index contributed by atoms with van der Waals surface area (Å²) in [4.78, 5) is 16.0. The van der Waals surface area contributed by atoms with Crippen LogP contribution < -0.4 is 0 Å². The first-order valence-corrected chi connectivity index (χ1v) is 7.78. The molecule has 0 unspecified atom stereocenters. The zero-order chi connectivity index (χ0) is 19.2. The van der Waals surface area contributed by atoms with E-state index in [1.807, 2.05) is 0 Å². The Bertz CT molecular complexity index is 801. The van der Waals surface area contributed by atoms with Gasteiger partial charge in [-0.2, -0.15) is 13.2 Å². The zero-order valence-electron chi connectivity index (χ0n) is 14.3. The predicted octanol–water partition coefficient (Wildman–Crippen LogP) is 4.05. The minimum atomic E-state index is -4.41. The molecule has 138 valence electrons. The van der Waals surface area contributed by atoms with Crippen molar-refractivity contribution in [2.75, 3.05) is 14.2 Å². The van der Waals surface area contributed by atoms with Crippen molar-refractivity contribution in [1.82, 2.24) is 4.98 Å². The van der Waals surface area contributed by atoms with Gasteiger partial charge in [0.1, 0.15) is 5.57 Å². The molecule has 2 rings (SSSR count). The van der Waals surface area contributed by atoms with Crippen molar-refractivity contribution in [1.29, 1.82) is 0 Å². The summed E-state index contributed by atoms with van der Waals surface area (Å²) in [6, 6.07) is 9.06.